The Hall–Kier alpha value is -3.43. The molecule has 0 aromatic heterocycles. The van der Waals surface area contributed by atoms with Crippen molar-refractivity contribution in [1.82, 2.24) is 14.7 Å². The van der Waals surface area contributed by atoms with E-state index in [-0.39, 0.29) is 23.6 Å². The molecule has 2 aromatic carbocycles. The lowest BCUT2D eigenvalue weighted by molar-refractivity contribution is -0.133. The third-order valence-electron chi connectivity index (χ3n) is 9.10. The van der Waals surface area contributed by atoms with Crippen LogP contribution in [-0.2, 0) is 14.4 Å². The molecular weight excluding hydrogens is 568 g/mol. The Morgan fingerprint density at radius 1 is 0.930 bits per heavy atom. The van der Waals surface area contributed by atoms with Gasteiger partial charge in [0.1, 0.15) is 5.75 Å². The van der Waals surface area contributed by atoms with E-state index in [4.69, 9.17) is 16.3 Å². The largest absolute Gasteiger partial charge is 0.426 e. The SMILES string of the molecule is CC(=O)Oc1ccccc1C(=O)N1CC2CN(CCCN(C(=O)C3CCN(C(C)=O)CC3)c3ccc(C)c(Cl)c3)CC2C1. The van der Waals surface area contributed by atoms with E-state index in [0.29, 0.717) is 73.7 Å². The van der Waals surface area contributed by atoms with E-state index in [9.17, 15) is 19.2 Å². The summed E-state index contributed by atoms with van der Waals surface area (Å²) in [7, 11) is 0. The van der Waals surface area contributed by atoms with Crippen LogP contribution in [0.2, 0.25) is 5.02 Å². The summed E-state index contributed by atoms with van der Waals surface area (Å²) in [6, 6.07) is 12.7. The van der Waals surface area contributed by atoms with Crippen molar-refractivity contribution in [2.45, 2.75) is 40.0 Å². The molecule has 2 unspecified atom stereocenters. The van der Waals surface area contributed by atoms with Crippen LogP contribution < -0.4 is 9.64 Å². The van der Waals surface area contributed by atoms with Gasteiger partial charge in [-0.3, -0.25) is 19.2 Å². The molecule has 5 rings (SSSR count). The Labute approximate surface area is 258 Å². The molecule has 3 aliphatic heterocycles. The highest BCUT2D eigenvalue weighted by atomic mass is 35.5. The highest BCUT2D eigenvalue weighted by Crippen LogP contribution is 2.33. The number of para-hydroxylation sites is 1. The predicted octanol–water partition coefficient (Wildman–Crippen LogP) is 4.26. The standard InChI is InChI=1S/C33H41ClN4O5/c1-22-9-10-28(17-30(22)34)38(32(41)25-11-15-36(16-12-25)23(2)39)14-6-13-35-18-26-20-37(21-27(26)19-35)33(42)29-7-4-5-8-31(29)43-24(3)40/h4-5,7-10,17,25-27H,6,11-16,18-21H2,1-3H3. The number of hydrogen-bond acceptors (Lipinski definition) is 6. The number of carbonyl (C=O) groups is 4. The summed E-state index contributed by atoms with van der Waals surface area (Å²) in [5.41, 5.74) is 2.21. The first-order valence-electron chi connectivity index (χ1n) is 15.2. The van der Waals surface area contributed by atoms with E-state index in [2.05, 4.69) is 4.90 Å². The zero-order chi connectivity index (χ0) is 30.7. The molecule has 3 aliphatic rings. The summed E-state index contributed by atoms with van der Waals surface area (Å²) in [4.78, 5) is 58.4. The first-order chi connectivity index (χ1) is 20.6. The van der Waals surface area contributed by atoms with Crippen molar-refractivity contribution in [3.63, 3.8) is 0 Å². The topological polar surface area (TPSA) is 90.5 Å². The quantitative estimate of drug-likeness (QED) is 0.329. The minimum atomic E-state index is -0.446. The van der Waals surface area contributed by atoms with Gasteiger partial charge in [0, 0.05) is 76.3 Å². The maximum atomic E-state index is 13.8. The smallest absolute Gasteiger partial charge is 0.308 e. The summed E-state index contributed by atoms with van der Waals surface area (Å²) in [5.74, 6) is 0.590. The van der Waals surface area contributed by atoms with Crippen molar-refractivity contribution >= 4 is 41.0 Å². The Kier molecular flexibility index (Phi) is 9.72. The molecule has 2 aromatic rings. The zero-order valence-corrected chi connectivity index (χ0v) is 26.0. The number of fused-ring (bicyclic) bond motifs is 1. The van der Waals surface area contributed by atoms with E-state index in [1.165, 1.54) is 6.92 Å². The molecule has 0 saturated carbocycles. The number of piperidine rings is 1. The van der Waals surface area contributed by atoms with Crippen LogP contribution in [0, 0.1) is 24.7 Å². The Balaban J connectivity index is 1.16. The minimum Gasteiger partial charge on any atom is -0.426 e. The molecular formula is C33H41ClN4O5. The van der Waals surface area contributed by atoms with Crippen LogP contribution in [0.1, 0.15) is 49.0 Å². The fourth-order valence-electron chi connectivity index (χ4n) is 6.73. The molecule has 0 N–H and O–H groups in total. The number of aryl methyl sites for hydroxylation is 1. The third-order valence-corrected chi connectivity index (χ3v) is 9.51. The first-order valence-corrected chi connectivity index (χ1v) is 15.6. The minimum absolute atomic E-state index is 0.0581. The molecule has 230 valence electrons. The maximum Gasteiger partial charge on any atom is 0.308 e. The van der Waals surface area contributed by atoms with Crippen molar-refractivity contribution in [3.05, 3.63) is 58.6 Å². The van der Waals surface area contributed by atoms with E-state index in [0.717, 1.165) is 37.3 Å². The molecule has 9 nitrogen and oxygen atoms in total. The lowest BCUT2D eigenvalue weighted by Crippen LogP contribution is -2.44. The molecule has 3 heterocycles. The summed E-state index contributed by atoms with van der Waals surface area (Å²) < 4.78 is 5.27. The van der Waals surface area contributed by atoms with Gasteiger partial charge >= 0.3 is 5.97 Å². The number of halogens is 1. The molecule has 2 atom stereocenters. The number of esters is 1. The van der Waals surface area contributed by atoms with Crippen LogP contribution in [0.15, 0.2) is 42.5 Å². The Bertz CT molecular complexity index is 1360. The number of ether oxygens (including phenoxy) is 1. The van der Waals surface area contributed by atoms with Gasteiger partial charge < -0.3 is 24.3 Å². The van der Waals surface area contributed by atoms with Gasteiger partial charge in [0.15, 0.2) is 0 Å². The van der Waals surface area contributed by atoms with Gasteiger partial charge in [0.2, 0.25) is 11.8 Å². The van der Waals surface area contributed by atoms with Crippen LogP contribution in [0.25, 0.3) is 0 Å². The highest BCUT2D eigenvalue weighted by molar-refractivity contribution is 6.31. The molecule has 0 bridgehead atoms. The molecule has 0 spiro atoms. The van der Waals surface area contributed by atoms with Gasteiger partial charge in [-0.15, -0.1) is 0 Å². The molecule has 0 radical (unpaired) electrons. The van der Waals surface area contributed by atoms with Crippen LogP contribution in [-0.4, -0.2) is 90.7 Å². The Morgan fingerprint density at radius 2 is 1.60 bits per heavy atom. The van der Waals surface area contributed by atoms with Crippen LogP contribution in [0.3, 0.4) is 0 Å². The molecule has 3 fully saturated rings. The van der Waals surface area contributed by atoms with E-state index in [1.54, 1.807) is 31.2 Å². The summed E-state index contributed by atoms with van der Waals surface area (Å²) in [5, 5.41) is 0.642. The second-order valence-electron chi connectivity index (χ2n) is 12.1. The highest BCUT2D eigenvalue weighted by Gasteiger charge is 2.42. The molecule has 43 heavy (non-hydrogen) atoms. The fraction of sp³-hybridized carbons (Fsp3) is 0.515. The second-order valence-corrected chi connectivity index (χ2v) is 12.5. The number of carbonyl (C=O) groups excluding carboxylic acids is 4. The summed E-state index contributed by atoms with van der Waals surface area (Å²) in [6.45, 7) is 10.7. The number of hydrogen-bond donors (Lipinski definition) is 0. The van der Waals surface area contributed by atoms with Gasteiger partial charge in [0.25, 0.3) is 5.91 Å². The van der Waals surface area contributed by atoms with Crippen molar-refractivity contribution in [2.24, 2.45) is 17.8 Å². The van der Waals surface area contributed by atoms with Gasteiger partial charge in [-0.1, -0.05) is 29.8 Å². The van der Waals surface area contributed by atoms with E-state index < -0.39 is 5.97 Å². The lowest BCUT2D eigenvalue weighted by Gasteiger charge is -2.34. The van der Waals surface area contributed by atoms with Gasteiger partial charge in [-0.05, 0) is 74.4 Å². The van der Waals surface area contributed by atoms with Gasteiger partial charge in [-0.2, -0.15) is 0 Å². The van der Waals surface area contributed by atoms with Gasteiger partial charge in [0.05, 0.1) is 5.56 Å². The van der Waals surface area contributed by atoms with Crippen LogP contribution in [0.4, 0.5) is 5.69 Å². The number of nitrogens with zero attached hydrogens (tertiary/aromatic N) is 4. The third kappa shape index (κ3) is 7.21. The van der Waals surface area contributed by atoms with Crippen molar-refractivity contribution < 1.29 is 23.9 Å². The number of benzene rings is 2. The normalized spacial score (nSPS) is 20.7. The maximum absolute atomic E-state index is 13.8. The number of rotatable bonds is 8. The summed E-state index contributed by atoms with van der Waals surface area (Å²) >= 11 is 6.46. The van der Waals surface area contributed by atoms with Gasteiger partial charge in [-0.25, -0.2) is 0 Å². The van der Waals surface area contributed by atoms with Crippen LogP contribution >= 0.6 is 11.6 Å². The number of likely N-dealkylation sites (tertiary alicyclic amines) is 3. The molecule has 3 saturated heterocycles. The number of amides is 3. The predicted molar refractivity (Wildman–Crippen MR) is 165 cm³/mol. The number of anilines is 1. The zero-order valence-electron chi connectivity index (χ0n) is 25.3. The lowest BCUT2D eigenvalue weighted by atomic mass is 9.94. The summed E-state index contributed by atoms with van der Waals surface area (Å²) in [6.07, 6.45) is 2.16. The monoisotopic (exact) mass is 608 g/mol. The second kappa shape index (κ2) is 13.5. The van der Waals surface area contributed by atoms with Crippen molar-refractivity contribution in [1.29, 1.82) is 0 Å². The van der Waals surface area contributed by atoms with Crippen LogP contribution in [0.5, 0.6) is 5.75 Å². The van der Waals surface area contributed by atoms with Crippen molar-refractivity contribution in [3.8, 4) is 5.75 Å². The van der Waals surface area contributed by atoms with E-state index in [1.807, 2.05) is 39.8 Å². The molecule has 0 aliphatic carbocycles. The molecule has 10 heteroatoms. The Morgan fingerprint density at radius 3 is 2.23 bits per heavy atom. The van der Waals surface area contributed by atoms with Crippen molar-refractivity contribution in [2.75, 3.05) is 57.3 Å². The average molecular weight is 609 g/mol. The fourth-order valence-corrected chi connectivity index (χ4v) is 6.90. The van der Waals surface area contributed by atoms with E-state index >= 15 is 0 Å². The average Bonchev–Trinajstić information content (AvgIpc) is 3.55. The first kappa shape index (κ1) is 31.0. The molecule has 3 amide bonds.